The second-order valence-electron chi connectivity index (χ2n) is 5.72. The van der Waals surface area contributed by atoms with Gasteiger partial charge < -0.3 is 10.1 Å². The third kappa shape index (κ3) is 3.82. The van der Waals surface area contributed by atoms with Gasteiger partial charge in [-0.3, -0.25) is 9.48 Å². The summed E-state index contributed by atoms with van der Waals surface area (Å²) in [6.07, 6.45) is -0.435. The number of esters is 1. The molecule has 0 bridgehead atoms. The van der Waals surface area contributed by atoms with Gasteiger partial charge in [0.1, 0.15) is 11.7 Å². The molecule has 0 aliphatic carbocycles. The van der Waals surface area contributed by atoms with Gasteiger partial charge in [0, 0.05) is 19.2 Å². The Hall–Kier alpha value is -2.63. The molecule has 1 atom stereocenters. The number of nitrogens with zero attached hydrogens (tertiary/aromatic N) is 2. The Morgan fingerprint density at radius 1 is 1.33 bits per heavy atom. The zero-order valence-electron chi connectivity index (χ0n) is 14.7. The van der Waals surface area contributed by atoms with E-state index in [4.69, 9.17) is 4.74 Å². The van der Waals surface area contributed by atoms with E-state index in [1.807, 2.05) is 26.0 Å². The molecule has 1 N–H and O–H groups in total. The maximum atomic E-state index is 12.5. The van der Waals surface area contributed by atoms with Gasteiger partial charge in [-0.05, 0) is 45.4 Å². The molecule has 0 unspecified atom stereocenters. The number of hydrogen-bond acceptors (Lipinski definition) is 4. The van der Waals surface area contributed by atoms with Crippen LogP contribution in [0.3, 0.4) is 0 Å². The van der Waals surface area contributed by atoms with Gasteiger partial charge in [0.15, 0.2) is 0 Å². The predicted molar refractivity (Wildman–Crippen MR) is 92.0 cm³/mol. The van der Waals surface area contributed by atoms with Crippen molar-refractivity contribution < 1.29 is 14.3 Å². The van der Waals surface area contributed by atoms with Crippen molar-refractivity contribution >= 4 is 17.6 Å². The molecule has 2 aromatic rings. The van der Waals surface area contributed by atoms with E-state index in [-0.39, 0.29) is 11.9 Å². The van der Waals surface area contributed by atoms with Crippen LogP contribution in [-0.4, -0.2) is 21.7 Å². The van der Waals surface area contributed by atoms with E-state index in [1.54, 1.807) is 30.7 Å². The van der Waals surface area contributed by atoms with E-state index in [1.165, 1.54) is 6.92 Å². The normalized spacial score (nSPS) is 11.9. The minimum Gasteiger partial charge on any atom is -0.454 e. The Morgan fingerprint density at radius 3 is 2.62 bits per heavy atom. The van der Waals surface area contributed by atoms with Crippen LogP contribution in [0, 0.1) is 13.8 Å². The average molecular weight is 329 g/mol. The smallest absolute Gasteiger partial charge is 0.342 e. The number of nitrogens with one attached hydrogen (secondary N) is 1. The Bertz CT molecular complexity index is 765. The van der Waals surface area contributed by atoms with Crippen molar-refractivity contribution in [2.75, 3.05) is 5.32 Å². The van der Waals surface area contributed by atoms with Crippen molar-refractivity contribution in [2.45, 2.75) is 47.3 Å². The van der Waals surface area contributed by atoms with Crippen molar-refractivity contribution in [2.24, 2.45) is 0 Å². The first kappa shape index (κ1) is 17.7. The number of amides is 1. The predicted octanol–water partition coefficient (Wildman–Crippen LogP) is 3.40. The molecule has 6 heteroatoms. The molecule has 0 radical (unpaired) electrons. The van der Waals surface area contributed by atoms with Crippen LogP contribution in [0.4, 0.5) is 5.69 Å². The number of rotatable bonds is 5. The highest BCUT2D eigenvalue weighted by Gasteiger charge is 2.22. The molecule has 6 nitrogen and oxygen atoms in total. The van der Waals surface area contributed by atoms with Crippen LogP contribution in [0.1, 0.15) is 54.2 Å². The summed E-state index contributed by atoms with van der Waals surface area (Å²) in [5.41, 5.74) is 3.47. The van der Waals surface area contributed by atoms with Gasteiger partial charge in [-0.15, -0.1) is 0 Å². The third-order valence-electron chi connectivity index (χ3n) is 3.85. The summed E-state index contributed by atoms with van der Waals surface area (Å²) in [6.45, 7) is 9.60. The number of anilines is 1. The van der Waals surface area contributed by atoms with E-state index < -0.39 is 6.10 Å². The van der Waals surface area contributed by atoms with Gasteiger partial charge in [-0.1, -0.05) is 12.1 Å². The molecule has 1 heterocycles. The van der Waals surface area contributed by atoms with E-state index in [0.29, 0.717) is 23.5 Å². The third-order valence-corrected chi connectivity index (χ3v) is 3.85. The zero-order chi connectivity index (χ0) is 17.9. The summed E-state index contributed by atoms with van der Waals surface area (Å²) in [4.78, 5) is 23.7. The molecular formula is C18H23N3O3. The lowest BCUT2D eigenvalue weighted by atomic mass is 10.1. The maximum absolute atomic E-state index is 12.5. The van der Waals surface area contributed by atoms with Crippen molar-refractivity contribution in [3.8, 4) is 0 Å². The first-order chi connectivity index (χ1) is 11.3. The number of carbonyl (C=O) groups is 2. The molecule has 1 amide bonds. The van der Waals surface area contributed by atoms with E-state index in [9.17, 15) is 9.59 Å². The highest BCUT2D eigenvalue weighted by atomic mass is 16.5. The minimum atomic E-state index is -0.435. The number of ether oxygens (including phenoxy) is 1. The van der Waals surface area contributed by atoms with Gasteiger partial charge in [-0.25, -0.2) is 4.79 Å². The monoisotopic (exact) mass is 329 g/mol. The molecule has 0 aliphatic rings. The van der Waals surface area contributed by atoms with Crippen LogP contribution < -0.4 is 5.32 Å². The van der Waals surface area contributed by atoms with Crippen molar-refractivity contribution in [3.05, 3.63) is 46.8 Å². The SMILES string of the molecule is CCn1nc(C)c(C(=O)O[C@H](C)c2cccc(NC(C)=O)c2)c1C. The van der Waals surface area contributed by atoms with Gasteiger partial charge in [0.2, 0.25) is 5.91 Å². The summed E-state index contributed by atoms with van der Waals surface area (Å²) in [6, 6.07) is 7.27. The van der Waals surface area contributed by atoms with Crippen molar-refractivity contribution in [1.29, 1.82) is 0 Å². The van der Waals surface area contributed by atoms with E-state index >= 15 is 0 Å². The van der Waals surface area contributed by atoms with Gasteiger partial charge in [0.05, 0.1) is 11.4 Å². The number of benzene rings is 1. The summed E-state index contributed by atoms with van der Waals surface area (Å²) in [5.74, 6) is -0.530. The molecule has 24 heavy (non-hydrogen) atoms. The highest BCUT2D eigenvalue weighted by Crippen LogP contribution is 2.23. The molecule has 0 aliphatic heterocycles. The summed E-state index contributed by atoms with van der Waals surface area (Å²) >= 11 is 0. The van der Waals surface area contributed by atoms with Gasteiger partial charge in [0.25, 0.3) is 0 Å². The van der Waals surface area contributed by atoms with Gasteiger partial charge >= 0.3 is 5.97 Å². The Balaban J connectivity index is 2.17. The zero-order valence-corrected chi connectivity index (χ0v) is 14.7. The topological polar surface area (TPSA) is 73.2 Å². The Kier molecular flexibility index (Phi) is 5.39. The van der Waals surface area contributed by atoms with Crippen LogP contribution >= 0.6 is 0 Å². The standard InChI is InChI=1S/C18H23N3O3/c1-6-21-12(3)17(11(2)20-21)18(23)24-13(4)15-8-7-9-16(10-15)19-14(5)22/h7-10,13H,6H2,1-5H3,(H,19,22)/t13-/m1/s1. The lowest BCUT2D eigenvalue weighted by Crippen LogP contribution is -2.12. The first-order valence-electron chi connectivity index (χ1n) is 7.96. The molecule has 0 saturated carbocycles. The fourth-order valence-electron chi connectivity index (χ4n) is 2.66. The lowest BCUT2D eigenvalue weighted by molar-refractivity contribution is -0.114. The summed E-state index contributed by atoms with van der Waals surface area (Å²) in [5, 5.41) is 7.07. The maximum Gasteiger partial charge on any atom is 0.342 e. The summed E-state index contributed by atoms with van der Waals surface area (Å²) < 4.78 is 7.38. The van der Waals surface area contributed by atoms with Crippen LogP contribution in [-0.2, 0) is 16.1 Å². The fraction of sp³-hybridized carbons (Fsp3) is 0.389. The van der Waals surface area contributed by atoms with Crippen LogP contribution in [0.2, 0.25) is 0 Å². The molecule has 1 aromatic heterocycles. The fourth-order valence-corrected chi connectivity index (χ4v) is 2.66. The van der Waals surface area contributed by atoms with Gasteiger partial charge in [-0.2, -0.15) is 5.10 Å². The molecule has 0 saturated heterocycles. The molecule has 128 valence electrons. The van der Waals surface area contributed by atoms with Crippen LogP contribution in [0.25, 0.3) is 0 Å². The molecule has 2 rings (SSSR count). The van der Waals surface area contributed by atoms with Crippen LogP contribution in [0.15, 0.2) is 24.3 Å². The van der Waals surface area contributed by atoms with Crippen molar-refractivity contribution in [3.63, 3.8) is 0 Å². The lowest BCUT2D eigenvalue weighted by Gasteiger charge is -2.15. The second kappa shape index (κ2) is 7.29. The largest absolute Gasteiger partial charge is 0.454 e. The number of hydrogen-bond donors (Lipinski definition) is 1. The quantitative estimate of drug-likeness (QED) is 0.853. The van der Waals surface area contributed by atoms with E-state index in [2.05, 4.69) is 10.4 Å². The number of aryl methyl sites for hydroxylation is 2. The highest BCUT2D eigenvalue weighted by molar-refractivity contribution is 5.92. The summed E-state index contributed by atoms with van der Waals surface area (Å²) in [7, 11) is 0. The molecule has 1 aromatic carbocycles. The Labute approximate surface area is 141 Å². The molecule has 0 fully saturated rings. The second-order valence-corrected chi connectivity index (χ2v) is 5.72. The van der Waals surface area contributed by atoms with E-state index in [0.717, 1.165) is 11.3 Å². The minimum absolute atomic E-state index is 0.143. The van der Waals surface area contributed by atoms with Crippen molar-refractivity contribution in [1.82, 2.24) is 9.78 Å². The molecule has 0 spiro atoms. The first-order valence-corrected chi connectivity index (χ1v) is 7.96. The Morgan fingerprint density at radius 2 is 2.04 bits per heavy atom. The number of aromatic nitrogens is 2. The van der Waals surface area contributed by atoms with Crippen LogP contribution in [0.5, 0.6) is 0 Å². The molecular weight excluding hydrogens is 306 g/mol. The number of carbonyl (C=O) groups excluding carboxylic acids is 2. The average Bonchev–Trinajstić information content (AvgIpc) is 2.80.